The fourth-order valence-electron chi connectivity index (χ4n) is 2.25. The van der Waals surface area contributed by atoms with E-state index < -0.39 is 0 Å². The minimum absolute atomic E-state index is 0.162. The van der Waals surface area contributed by atoms with E-state index >= 15 is 0 Å². The van der Waals surface area contributed by atoms with E-state index in [4.69, 9.17) is 5.73 Å². The summed E-state index contributed by atoms with van der Waals surface area (Å²) in [5.74, 6) is -0.162. The highest BCUT2D eigenvalue weighted by molar-refractivity contribution is 5.91. The molecule has 0 bridgehead atoms. The number of nitrogens with one attached hydrogen (secondary N) is 1. The van der Waals surface area contributed by atoms with Crippen LogP contribution < -0.4 is 11.1 Å². The Kier molecular flexibility index (Phi) is 5.29. The van der Waals surface area contributed by atoms with E-state index in [9.17, 15) is 4.79 Å². The van der Waals surface area contributed by atoms with E-state index in [1.807, 2.05) is 0 Å². The van der Waals surface area contributed by atoms with Crippen molar-refractivity contribution in [2.24, 2.45) is 5.73 Å². The van der Waals surface area contributed by atoms with Gasteiger partial charge in [-0.1, -0.05) is 5.21 Å². The van der Waals surface area contributed by atoms with Crippen LogP contribution in [-0.4, -0.2) is 58.5 Å². The highest BCUT2D eigenvalue weighted by Crippen LogP contribution is 2.06. The molecule has 0 atom stereocenters. The lowest BCUT2D eigenvalue weighted by Crippen LogP contribution is -2.28. The van der Waals surface area contributed by atoms with Crippen molar-refractivity contribution in [1.29, 1.82) is 0 Å². The molecule has 1 aliphatic rings. The third-order valence-electron chi connectivity index (χ3n) is 3.26. The van der Waals surface area contributed by atoms with Crippen LogP contribution in [0.3, 0.4) is 0 Å². The lowest BCUT2D eigenvalue weighted by Gasteiger charge is -2.13. The number of likely N-dealkylation sites (tertiary alicyclic amines) is 1. The summed E-state index contributed by atoms with van der Waals surface area (Å²) in [6.07, 6.45) is 5.21. The quantitative estimate of drug-likeness (QED) is 0.647. The van der Waals surface area contributed by atoms with Crippen molar-refractivity contribution < 1.29 is 4.79 Å². The van der Waals surface area contributed by atoms with Crippen molar-refractivity contribution >= 4 is 5.91 Å². The number of rotatable bonds is 7. The first kappa shape index (κ1) is 14.0. The predicted molar refractivity (Wildman–Crippen MR) is 71.7 cm³/mol. The zero-order chi connectivity index (χ0) is 13.5. The van der Waals surface area contributed by atoms with Gasteiger partial charge in [0.15, 0.2) is 5.69 Å². The Bertz CT molecular complexity index is 399. The molecular weight excluding hydrogens is 244 g/mol. The first-order chi connectivity index (χ1) is 9.29. The van der Waals surface area contributed by atoms with Gasteiger partial charge < -0.3 is 16.0 Å². The largest absolute Gasteiger partial charge is 0.351 e. The minimum atomic E-state index is -0.162. The summed E-state index contributed by atoms with van der Waals surface area (Å²) in [6, 6.07) is 0. The number of aromatic nitrogens is 3. The average molecular weight is 266 g/mol. The molecule has 7 heteroatoms. The smallest absolute Gasteiger partial charge is 0.273 e. The van der Waals surface area contributed by atoms with Crippen LogP contribution in [0.1, 0.15) is 29.8 Å². The first-order valence-electron chi connectivity index (χ1n) is 6.90. The molecule has 1 amide bonds. The summed E-state index contributed by atoms with van der Waals surface area (Å²) in [4.78, 5) is 14.2. The molecule has 0 radical (unpaired) electrons. The predicted octanol–water partition coefficient (Wildman–Crippen LogP) is -0.547. The second kappa shape index (κ2) is 7.20. The van der Waals surface area contributed by atoms with Gasteiger partial charge in [0.1, 0.15) is 0 Å². The molecule has 19 heavy (non-hydrogen) atoms. The maximum atomic E-state index is 11.8. The second-order valence-electron chi connectivity index (χ2n) is 4.81. The molecule has 1 aliphatic heterocycles. The highest BCUT2D eigenvalue weighted by Gasteiger charge is 2.12. The van der Waals surface area contributed by atoms with Gasteiger partial charge in [-0.25, -0.2) is 0 Å². The minimum Gasteiger partial charge on any atom is -0.351 e. The van der Waals surface area contributed by atoms with E-state index in [2.05, 4.69) is 20.5 Å². The van der Waals surface area contributed by atoms with Crippen molar-refractivity contribution in [3.05, 3.63) is 11.9 Å². The normalized spacial score (nSPS) is 15.8. The zero-order valence-corrected chi connectivity index (χ0v) is 11.2. The Balaban J connectivity index is 1.65. The average Bonchev–Trinajstić information content (AvgIpc) is 3.06. The van der Waals surface area contributed by atoms with Gasteiger partial charge >= 0.3 is 0 Å². The standard InChI is InChI=1S/C12H22N6O/c13-4-9-18-10-11(15-16-18)12(19)14-5-3-8-17-6-1-2-7-17/h10H,1-9,13H2,(H,14,19). The first-order valence-corrected chi connectivity index (χ1v) is 6.90. The van der Waals surface area contributed by atoms with Crippen molar-refractivity contribution in [3.8, 4) is 0 Å². The Morgan fingerprint density at radius 2 is 2.16 bits per heavy atom. The molecule has 2 rings (SSSR count). The van der Waals surface area contributed by atoms with E-state index in [1.165, 1.54) is 25.9 Å². The summed E-state index contributed by atoms with van der Waals surface area (Å²) in [6.45, 7) is 5.19. The molecule has 1 aromatic heterocycles. The van der Waals surface area contributed by atoms with Gasteiger partial charge in [-0.2, -0.15) is 0 Å². The van der Waals surface area contributed by atoms with Crippen LogP contribution in [0.2, 0.25) is 0 Å². The highest BCUT2D eigenvalue weighted by atomic mass is 16.2. The fourth-order valence-corrected chi connectivity index (χ4v) is 2.25. The number of hydrogen-bond donors (Lipinski definition) is 2. The van der Waals surface area contributed by atoms with Crippen molar-refractivity contribution in [3.63, 3.8) is 0 Å². The van der Waals surface area contributed by atoms with Gasteiger partial charge in [-0.3, -0.25) is 9.48 Å². The van der Waals surface area contributed by atoms with E-state index in [1.54, 1.807) is 10.9 Å². The zero-order valence-electron chi connectivity index (χ0n) is 11.2. The SMILES string of the molecule is NCCn1cc(C(=O)NCCCN2CCCC2)nn1. The Hall–Kier alpha value is -1.47. The van der Waals surface area contributed by atoms with Gasteiger partial charge in [0.05, 0.1) is 12.7 Å². The molecule has 2 heterocycles. The van der Waals surface area contributed by atoms with Crippen LogP contribution in [0.5, 0.6) is 0 Å². The van der Waals surface area contributed by atoms with Gasteiger partial charge in [-0.15, -0.1) is 5.10 Å². The summed E-state index contributed by atoms with van der Waals surface area (Å²) >= 11 is 0. The molecular formula is C12H22N6O. The maximum absolute atomic E-state index is 11.8. The second-order valence-corrected chi connectivity index (χ2v) is 4.81. The molecule has 1 fully saturated rings. The Morgan fingerprint density at radius 3 is 2.89 bits per heavy atom. The van der Waals surface area contributed by atoms with E-state index in [0.29, 0.717) is 25.3 Å². The molecule has 0 aliphatic carbocycles. The molecule has 7 nitrogen and oxygen atoms in total. The molecule has 0 unspecified atom stereocenters. The van der Waals surface area contributed by atoms with Crippen LogP contribution >= 0.6 is 0 Å². The molecule has 0 spiro atoms. The number of carbonyl (C=O) groups is 1. The maximum Gasteiger partial charge on any atom is 0.273 e. The third kappa shape index (κ3) is 4.29. The Morgan fingerprint density at radius 1 is 1.37 bits per heavy atom. The molecule has 106 valence electrons. The number of nitrogens with two attached hydrogens (primary N) is 1. The van der Waals surface area contributed by atoms with Crippen LogP contribution in [0, 0.1) is 0 Å². The van der Waals surface area contributed by atoms with Crippen LogP contribution in [0.4, 0.5) is 0 Å². The molecule has 1 aromatic rings. The van der Waals surface area contributed by atoms with Crippen LogP contribution in [-0.2, 0) is 6.54 Å². The molecule has 3 N–H and O–H groups in total. The number of nitrogens with zero attached hydrogens (tertiary/aromatic N) is 4. The summed E-state index contributed by atoms with van der Waals surface area (Å²) in [7, 11) is 0. The topological polar surface area (TPSA) is 89.1 Å². The molecule has 1 saturated heterocycles. The van der Waals surface area contributed by atoms with Crippen molar-refractivity contribution in [2.45, 2.75) is 25.8 Å². The molecule has 0 saturated carbocycles. The monoisotopic (exact) mass is 266 g/mol. The lowest BCUT2D eigenvalue weighted by atomic mass is 10.3. The van der Waals surface area contributed by atoms with Gasteiger partial charge in [-0.05, 0) is 38.9 Å². The van der Waals surface area contributed by atoms with Crippen LogP contribution in [0.15, 0.2) is 6.20 Å². The summed E-state index contributed by atoms with van der Waals surface area (Å²) in [5, 5.41) is 10.5. The number of hydrogen-bond acceptors (Lipinski definition) is 5. The number of amides is 1. The third-order valence-corrected chi connectivity index (χ3v) is 3.26. The van der Waals surface area contributed by atoms with E-state index in [-0.39, 0.29) is 5.91 Å². The van der Waals surface area contributed by atoms with Crippen LogP contribution in [0.25, 0.3) is 0 Å². The lowest BCUT2D eigenvalue weighted by molar-refractivity contribution is 0.0947. The van der Waals surface area contributed by atoms with Crippen molar-refractivity contribution in [1.82, 2.24) is 25.2 Å². The fraction of sp³-hybridized carbons (Fsp3) is 0.750. The van der Waals surface area contributed by atoms with Gasteiger partial charge in [0.25, 0.3) is 5.91 Å². The number of carbonyl (C=O) groups excluding carboxylic acids is 1. The summed E-state index contributed by atoms with van der Waals surface area (Å²) < 4.78 is 1.58. The van der Waals surface area contributed by atoms with Crippen molar-refractivity contribution in [2.75, 3.05) is 32.7 Å². The van der Waals surface area contributed by atoms with Gasteiger partial charge in [0, 0.05) is 13.1 Å². The summed E-state index contributed by atoms with van der Waals surface area (Å²) in [5.41, 5.74) is 5.77. The van der Waals surface area contributed by atoms with E-state index in [0.717, 1.165) is 13.0 Å². The van der Waals surface area contributed by atoms with Gasteiger partial charge in [0.2, 0.25) is 0 Å². The molecule has 0 aromatic carbocycles. The Labute approximate surface area is 113 Å².